The summed E-state index contributed by atoms with van der Waals surface area (Å²) in [6.07, 6.45) is -0.0623. The van der Waals surface area contributed by atoms with E-state index in [0.29, 0.717) is 5.56 Å². The minimum Gasteiger partial charge on any atom is -0.508 e. The number of rotatable bonds is 3. The van der Waals surface area contributed by atoms with Gasteiger partial charge in [-0.25, -0.2) is 0 Å². The Hall–Kier alpha value is -2.93. The molecule has 2 aromatic rings. The summed E-state index contributed by atoms with van der Waals surface area (Å²) in [5.41, 5.74) is -1.45. The van der Waals surface area contributed by atoms with Crippen molar-refractivity contribution in [1.29, 1.82) is 0 Å². The number of ketones is 1. The fourth-order valence-corrected chi connectivity index (χ4v) is 2.91. The van der Waals surface area contributed by atoms with Gasteiger partial charge in [-0.15, -0.1) is 0 Å². The molecule has 1 aliphatic heterocycles. The number of ether oxygens (including phenoxy) is 2. The molecule has 0 radical (unpaired) electrons. The van der Waals surface area contributed by atoms with Crippen molar-refractivity contribution in [2.24, 2.45) is 0 Å². The highest BCUT2D eigenvalue weighted by Crippen LogP contribution is 2.50. The first-order valence-corrected chi connectivity index (χ1v) is 7.59. The summed E-state index contributed by atoms with van der Waals surface area (Å²) in [6, 6.07) is 6.06. The molecule has 1 heterocycles. The van der Waals surface area contributed by atoms with Crippen LogP contribution in [0.1, 0.15) is 21.5 Å². The summed E-state index contributed by atoms with van der Waals surface area (Å²) in [5.74, 6) is -1.59. The van der Waals surface area contributed by atoms with Crippen molar-refractivity contribution in [3.8, 4) is 28.7 Å². The Balaban J connectivity index is 2.06. The van der Waals surface area contributed by atoms with Crippen molar-refractivity contribution < 1.29 is 34.7 Å². The van der Waals surface area contributed by atoms with Crippen LogP contribution in [-0.4, -0.2) is 45.5 Å². The summed E-state index contributed by atoms with van der Waals surface area (Å²) >= 11 is 0. The molecule has 0 aromatic heterocycles. The Morgan fingerprint density at radius 2 is 1.80 bits per heavy atom. The van der Waals surface area contributed by atoms with Crippen molar-refractivity contribution in [2.45, 2.75) is 18.9 Å². The van der Waals surface area contributed by atoms with E-state index in [0.717, 1.165) is 0 Å². The lowest BCUT2D eigenvalue weighted by molar-refractivity contribution is -0.00317. The maximum absolute atomic E-state index is 12.9. The van der Waals surface area contributed by atoms with E-state index in [-0.39, 0.29) is 47.2 Å². The van der Waals surface area contributed by atoms with Crippen molar-refractivity contribution in [2.75, 3.05) is 13.7 Å². The molecule has 0 bridgehead atoms. The van der Waals surface area contributed by atoms with E-state index >= 15 is 0 Å². The average Bonchev–Trinajstić information content (AvgIpc) is 2.59. The number of Topliss-reactive ketones (excluding diaryl/α,β-unsaturated/α-hetero) is 1. The van der Waals surface area contributed by atoms with Gasteiger partial charge in [0.15, 0.2) is 17.1 Å². The molecule has 0 aliphatic carbocycles. The summed E-state index contributed by atoms with van der Waals surface area (Å²) in [4.78, 5) is 12.9. The molecule has 2 aromatic carbocycles. The van der Waals surface area contributed by atoms with Gasteiger partial charge in [0.1, 0.15) is 23.7 Å². The lowest BCUT2D eigenvalue weighted by Gasteiger charge is -2.33. The first-order valence-electron chi connectivity index (χ1n) is 7.59. The van der Waals surface area contributed by atoms with E-state index in [1.54, 1.807) is 12.1 Å². The SMILES string of the molecule is COc1c(O)c(C)c(O)c2c1OC[C@@](O)(Cc1ccc(O)cc1)C2=O. The van der Waals surface area contributed by atoms with Crippen molar-refractivity contribution >= 4 is 5.78 Å². The highest BCUT2D eigenvalue weighted by Gasteiger charge is 2.46. The number of phenolic OH excluding ortho intramolecular Hbond substituents is 3. The van der Waals surface area contributed by atoms with Gasteiger partial charge in [-0.1, -0.05) is 12.1 Å². The zero-order chi connectivity index (χ0) is 18.4. The zero-order valence-corrected chi connectivity index (χ0v) is 13.7. The minimum absolute atomic E-state index is 0.0569. The number of aromatic hydroxyl groups is 3. The Morgan fingerprint density at radius 3 is 2.40 bits per heavy atom. The molecule has 0 unspecified atom stereocenters. The molecule has 0 spiro atoms. The topological polar surface area (TPSA) is 116 Å². The number of carbonyl (C=O) groups is 1. The largest absolute Gasteiger partial charge is 0.508 e. The van der Waals surface area contributed by atoms with Crippen LogP contribution in [0.2, 0.25) is 0 Å². The van der Waals surface area contributed by atoms with Crippen molar-refractivity contribution in [3.05, 3.63) is 41.0 Å². The predicted molar refractivity (Wildman–Crippen MR) is 87.6 cm³/mol. The highest BCUT2D eigenvalue weighted by atomic mass is 16.5. The molecule has 0 fully saturated rings. The lowest BCUT2D eigenvalue weighted by Crippen LogP contribution is -2.49. The van der Waals surface area contributed by atoms with Gasteiger partial charge in [0, 0.05) is 12.0 Å². The summed E-state index contributed by atoms with van der Waals surface area (Å²) in [5, 5.41) is 40.5. The highest BCUT2D eigenvalue weighted by molar-refractivity contribution is 6.09. The van der Waals surface area contributed by atoms with Crippen LogP contribution in [0.5, 0.6) is 28.7 Å². The summed E-state index contributed by atoms with van der Waals surface area (Å²) in [7, 11) is 1.30. The Morgan fingerprint density at radius 1 is 1.16 bits per heavy atom. The maximum Gasteiger partial charge on any atom is 0.205 e. The summed E-state index contributed by atoms with van der Waals surface area (Å²) < 4.78 is 10.6. The van der Waals surface area contributed by atoms with Crippen LogP contribution in [0.3, 0.4) is 0 Å². The van der Waals surface area contributed by atoms with E-state index in [9.17, 15) is 25.2 Å². The quantitative estimate of drug-likeness (QED) is 0.668. The van der Waals surface area contributed by atoms with Gasteiger partial charge in [0.2, 0.25) is 11.5 Å². The van der Waals surface area contributed by atoms with Gasteiger partial charge in [-0.3, -0.25) is 4.79 Å². The van der Waals surface area contributed by atoms with Crippen LogP contribution in [0, 0.1) is 6.92 Å². The van der Waals surface area contributed by atoms with Gasteiger partial charge in [-0.2, -0.15) is 0 Å². The molecule has 1 atom stereocenters. The molecule has 25 heavy (non-hydrogen) atoms. The number of aliphatic hydroxyl groups is 1. The molecular formula is C18H18O7. The third-order valence-electron chi connectivity index (χ3n) is 4.34. The minimum atomic E-state index is -1.89. The maximum atomic E-state index is 12.9. The number of fused-ring (bicyclic) bond motifs is 1. The second-order valence-corrected chi connectivity index (χ2v) is 6.05. The molecule has 4 N–H and O–H groups in total. The monoisotopic (exact) mass is 346 g/mol. The third kappa shape index (κ3) is 2.62. The fraction of sp³-hybridized carbons (Fsp3) is 0.278. The molecule has 7 heteroatoms. The fourth-order valence-electron chi connectivity index (χ4n) is 2.91. The second kappa shape index (κ2) is 5.86. The molecule has 1 aliphatic rings. The first-order chi connectivity index (χ1) is 11.8. The van der Waals surface area contributed by atoms with Gasteiger partial charge < -0.3 is 29.9 Å². The first kappa shape index (κ1) is 16.9. The standard InChI is InChI=1S/C18H18O7/c1-9-13(20)12-15(16(24-2)14(9)21)25-8-18(23,17(12)22)7-10-3-5-11(19)6-4-10/h3-6,19-21,23H,7-8H2,1-2H3/t18-/m0/s1. The van der Waals surface area contributed by atoms with E-state index in [1.807, 2.05) is 0 Å². The Bertz CT molecular complexity index is 842. The van der Waals surface area contributed by atoms with Crippen LogP contribution >= 0.6 is 0 Å². The van der Waals surface area contributed by atoms with E-state index in [4.69, 9.17) is 9.47 Å². The average molecular weight is 346 g/mol. The van der Waals surface area contributed by atoms with Gasteiger partial charge in [0.25, 0.3) is 0 Å². The number of methoxy groups -OCH3 is 1. The smallest absolute Gasteiger partial charge is 0.205 e. The molecule has 7 nitrogen and oxygen atoms in total. The molecular weight excluding hydrogens is 328 g/mol. The van der Waals surface area contributed by atoms with Crippen LogP contribution < -0.4 is 9.47 Å². The second-order valence-electron chi connectivity index (χ2n) is 6.05. The molecule has 132 valence electrons. The molecule has 0 amide bonds. The van der Waals surface area contributed by atoms with E-state index in [1.165, 1.54) is 26.2 Å². The van der Waals surface area contributed by atoms with Crippen LogP contribution in [0.15, 0.2) is 24.3 Å². The zero-order valence-electron chi connectivity index (χ0n) is 13.7. The van der Waals surface area contributed by atoms with E-state index < -0.39 is 17.1 Å². The van der Waals surface area contributed by atoms with Crippen LogP contribution in [0.25, 0.3) is 0 Å². The van der Waals surface area contributed by atoms with Crippen molar-refractivity contribution in [1.82, 2.24) is 0 Å². The predicted octanol–water partition coefficient (Wildman–Crippen LogP) is 1.67. The molecule has 0 saturated heterocycles. The van der Waals surface area contributed by atoms with Gasteiger partial charge >= 0.3 is 0 Å². The van der Waals surface area contributed by atoms with Gasteiger partial charge in [0.05, 0.1) is 7.11 Å². The van der Waals surface area contributed by atoms with E-state index in [2.05, 4.69) is 0 Å². The summed E-state index contributed by atoms with van der Waals surface area (Å²) in [6.45, 7) is 1.06. The number of carbonyl (C=O) groups excluding carboxylic acids is 1. The van der Waals surface area contributed by atoms with Crippen molar-refractivity contribution in [3.63, 3.8) is 0 Å². The third-order valence-corrected chi connectivity index (χ3v) is 4.34. The number of hydrogen-bond acceptors (Lipinski definition) is 7. The molecule has 3 rings (SSSR count). The number of benzene rings is 2. The molecule has 0 saturated carbocycles. The number of hydrogen-bond donors (Lipinski definition) is 4. The van der Waals surface area contributed by atoms with Gasteiger partial charge in [-0.05, 0) is 24.6 Å². The Labute approximate surface area is 143 Å². The number of phenols is 3. The lowest BCUT2D eigenvalue weighted by atomic mass is 9.84. The normalized spacial score (nSPS) is 19.2. The van der Waals surface area contributed by atoms with Crippen LogP contribution in [-0.2, 0) is 6.42 Å². The van der Waals surface area contributed by atoms with Crippen LogP contribution in [0.4, 0.5) is 0 Å². The Kier molecular flexibility index (Phi) is 3.96.